The fourth-order valence-electron chi connectivity index (χ4n) is 8.46. The summed E-state index contributed by atoms with van der Waals surface area (Å²) in [6.07, 6.45) is 8.37. The largest absolute Gasteiger partial charge is 0.354 e. The molecule has 0 unspecified atom stereocenters. The third-order valence-corrected chi connectivity index (χ3v) is 11.4. The summed E-state index contributed by atoms with van der Waals surface area (Å²) in [7, 11) is 0. The molecule has 10 heteroatoms. The van der Waals surface area contributed by atoms with Gasteiger partial charge in [0.15, 0.2) is 0 Å². The lowest BCUT2D eigenvalue weighted by Gasteiger charge is -2.07. The van der Waals surface area contributed by atoms with Crippen LogP contribution in [0.25, 0.3) is 96.6 Å². The van der Waals surface area contributed by atoms with E-state index >= 15 is 0 Å². The lowest BCUT2D eigenvalue weighted by atomic mass is 10.0. The van der Waals surface area contributed by atoms with Crippen LogP contribution in [0.5, 0.6) is 0 Å². The Labute approximate surface area is 370 Å². The van der Waals surface area contributed by atoms with Gasteiger partial charge in [-0.2, -0.15) is 0 Å². The zero-order valence-corrected chi connectivity index (χ0v) is 34.5. The first-order valence-electron chi connectivity index (χ1n) is 20.9. The van der Waals surface area contributed by atoms with Crippen LogP contribution in [0.3, 0.4) is 0 Å². The van der Waals surface area contributed by atoms with Crippen LogP contribution < -0.4 is 17.1 Å². The fraction of sp³-hybridized carbons (Fsp3) is 0. The molecule has 9 aromatic rings. The van der Waals surface area contributed by atoms with Crippen LogP contribution >= 0.6 is 0 Å². The number of benzene rings is 5. The van der Waals surface area contributed by atoms with E-state index < -0.39 is 17.1 Å². The molecular formula is C55H35N7O3. The normalized spacial score (nSPS) is 11.6. The standard InChI is InChI=1S/C55H35N7O3/c63-53-60-54(64)62(55(65)61-53)40-24-20-35(21-25-40)17-16-34-18-22-39(23-19-34)52-47-32-30-45(58-47)50(37-12-6-2-7-13-37)43-28-26-41(56-43)49(36-10-4-1-5-11-36)42-27-29-44(57-42)51(38-14-8-3-9-15-38)46-31-33-48(52)59-46/h1-15,18-33,56,59H,(H2,60,61,63,64,65). The Morgan fingerprint density at radius 2 is 0.677 bits per heavy atom. The average Bonchev–Trinajstić information content (AvgIpc) is 4.19. The molecule has 10 nitrogen and oxygen atoms in total. The Morgan fingerprint density at radius 1 is 0.354 bits per heavy atom. The van der Waals surface area contributed by atoms with Gasteiger partial charge in [0.1, 0.15) is 0 Å². The van der Waals surface area contributed by atoms with Crippen molar-refractivity contribution in [2.75, 3.05) is 0 Å². The SMILES string of the molecule is O=c1[nH]c(=O)n(-c2ccc(C#Cc3ccc(-c4c5nc(c(-c6ccccc6)c6ccc([nH]6)c(-c6ccccc6)c6nc(c(-c7ccccc7)c7ccc4[nH]7)C=C6)C=C5)cc3)cc2)c(=O)[nH]1. The van der Waals surface area contributed by atoms with E-state index in [0.29, 0.717) is 11.3 Å². The summed E-state index contributed by atoms with van der Waals surface area (Å²) < 4.78 is 0.853. The monoisotopic (exact) mass is 841 g/mol. The van der Waals surface area contributed by atoms with Crippen LogP contribution in [0, 0.1) is 11.8 Å². The Morgan fingerprint density at radius 3 is 1.03 bits per heavy atom. The molecule has 0 aliphatic carbocycles. The molecule has 4 aromatic heterocycles. The molecule has 65 heavy (non-hydrogen) atoms. The summed E-state index contributed by atoms with van der Waals surface area (Å²) in [6.45, 7) is 0. The van der Waals surface area contributed by atoms with Gasteiger partial charge in [0.25, 0.3) is 0 Å². The number of rotatable bonds is 5. The first-order valence-corrected chi connectivity index (χ1v) is 20.9. The molecule has 5 aromatic carbocycles. The minimum atomic E-state index is -0.859. The predicted octanol–water partition coefficient (Wildman–Crippen LogP) is 10.3. The molecule has 11 rings (SSSR count). The van der Waals surface area contributed by atoms with Crippen molar-refractivity contribution in [3.8, 4) is 62.0 Å². The molecule has 0 spiro atoms. The quantitative estimate of drug-likeness (QED) is 0.128. The Hall–Kier alpha value is -9.33. The van der Waals surface area contributed by atoms with Gasteiger partial charge < -0.3 is 9.97 Å². The van der Waals surface area contributed by atoms with Crippen LogP contribution in [0.4, 0.5) is 0 Å². The van der Waals surface area contributed by atoms with Crippen molar-refractivity contribution in [3.05, 3.63) is 229 Å². The van der Waals surface area contributed by atoms with Crippen molar-refractivity contribution in [2.45, 2.75) is 0 Å². The van der Waals surface area contributed by atoms with E-state index in [1.54, 1.807) is 24.3 Å². The van der Waals surface area contributed by atoms with E-state index in [1.165, 1.54) is 0 Å². The summed E-state index contributed by atoms with van der Waals surface area (Å²) in [4.78, 5) is 58.6. The van der Waals surface area contributed by atoms with E-state index in [9.17, 15) is 14.4 Å². The van der Waals surface area contributed by atoms with E-state index in [0.717, 1.165) is 99.5 Å². The number of nitrogens with one attached hydrogen (secondary N) is 4. The van der Waals surface area contributed by atoms with Crippen molar-refractivity contribution in [2.24, 2.45) is 0 Å². The topological polar surface area (TPSA) is 145 Å². The number of hydrogen-bond acceptors (Lipinski definition) is 5. The Balaban J connectivity index is 1.11. The Kier molecular flexibility index (Phi) is 9.60. The van der Waals surface area contributed by atoms with Gasteiger partial charge in [-0.1, -0.05) is 115 Å². The summed E-state index contributed by atoms with van der Waals surface area (Å²) in [5.41, 5.74) is 14.2. The molecule has 2 aliphatic heterocycles. The van der Waals surface area contributed by atoms with Gasteiger partial charge in [0, 0.05) is 55.4 Å². The first-order chi connectivity index (χ1) is 31.9. The van der Waals surface area contributed by atoms with Crippen LogP contribution in [-0.2, 0) is 0 Å². The molecule has 0 atom stereocenters. The van der Waals surface area contributed by atoms with Gasteiger partial charge in [0.05, 0.1) is 28.5 Å². The zero-order valence-electron chi connectivity index (χ0n) is 34.5. The fourth-order valence-corrected chi connectivity index (χ4v) is 8.46. The molecule has 4 N–H and O–H groups in total. The number of nitrogens with zero attached hydrogens (tertiary/aromatic N) is 3. The molecule has 308 valence electrons. The highest BCUT2D eigenvalue weighted by Gasteiger charge is 2.19. The molecule has 0 saturated heterocycles. The van der Waals surface area contributed by atoms with Gasteiger partial charge in [0.2, 0.25) is 0 Å². The smallest absolute Gasteiger partial charge is 0.338 e. The van der Waals surface area contributed by atoms with Crippen LogP contribution in [0.1, 0.15) is 33.9 Å². The summed E-state index contributed by atoms with van der Waals surface area (Å²) in [5.74, 6) is 6.42. The maximum atomic E-state index is 12.3. The van der Waals surface area contributed by atoms with Gasteiger partial charge in [-0.05, 0) is 107 Å². The van der Waals surface area contributed by atoms with Crippen molar-refractivity contribution in [3.63, 3.8) is 0 Å². The van der Waals surface area contributed by atoms with E-state index in [2.05, 4.69) is 141 Å². The maximum absolute atomic E-state index is 12.3. The lowest BCUT2D eigenvalue weighted by Crippen LogP contribution is -2.42. The lowest BCUT2D eigenvalue weighted by molar-refractivity contribution is 0.784. The molecule has 0 amide bonds. The van der Waals surface area contributed by atoms with E-state index in [4.69, 9.17) is 9.97 Å². The number of aromatic amines is 4. The van der Waals surface area contributed by atoms with Gasteiger partial charge in [-0.15, -0.1) is 0 Å². The summed E-state index contributed by atoms with van der Waals surface area (Å²) in [5, 5.41) is 0. The molecule has 0 saturated carbocycles. The van der Waals surface area contributed by atoms with Crippen LogP contribution in [0.2, 0.25) is 0 Å². The third kappa shape index (κ3) is 7.35. The number of aromatic nitrogens is 7. The highest BCUT2D eigenvalue weighted by Crippen LogP contribution is 2.38. The highest BCUT2D eigenvalue weighted by atomic mass is 16.2. The van der Waals surface area contributed by atoms with Crippen molar-refractivity contribution in [1.29, 1.82) is 0 Å². The van der Waals surface area contributed by atoms with E-state index in [-0.39, 0.29) is 0 Å². The average molecular weight is 842 g/mol. The molecular weight excluding hydrogens is 807 g/mol. The van der Waals surface area contributed by atoms with Gasteiger partial charge >= 0.3 is 17.1 Å². The number of H-pyrrole nitrogens is 4. The zero-order chi connectivity index (χ0) is 43.9. The van der Waals surface area contributed by atoms with Gasteiger partial charge in [-0.3, -0.25) is 9.97 Å². The van der Waals surface area contributed by atoms with E-state index in [1.807, 2.05) is 54.6 Å². The molecule has 8 bridgehead atoms. The second-order valence-electron chi connectivity index (χ2n) is 15.5. The molecule has 0 fully saturated rings. The van der Waals surface area contributed by atoms with Crippen LogP contribution in [0.15, 0.2) is 178 Å². The highest BCUT2D eigenvalue weighted by molar-refractivity contribution is 5.99. The molecule has 2 aliphatic rings. The third-order valence-electron chi connectivity index (χ3n) is 11.4. The van der Waals surface area contributed by atoms with Crippen LogP contribution in [-0.4, -0.2) is 34.5 Å². The van der Waals surface area contributed by atoms with Crippen molar-refractivity contribution < 1.29 is 0 Å². The minimum Gasteiger partial charge on any atom is -0.354 e. The van der Waals surface area contributed by atoms with Crippen molar-refractivity contribution in [1.82, 2.24) is 34.5 Å². The van der Waals surface area contributed by atoms with Crippen molar-refractivity contribution >= 4 is 46.4 Å². The summed E-state index contributed by atoms with van der Waals surface area (Å²) >= 11 is 0. The predicted molar refractivity (Wildman–Crippen MR) is 260 cm³/mol. The minimum absolute atomic E-state index is 0.302. The second-order valence-corrected chi connectivity index (χ2v) is 15.5. The summed E-state index contributed by atoms with van der Waals surface area (Å²) in [6, 6.07) is 54.2. The first kappa shape index (κ1) is 38.6. The Bertz CT molecular complexity index is 3740. The molecule has 0 radical (unpaired) electrons. The number of fused-ring (bicyclic) bond motifs is 8. The number of hydrogen-bond donors (Lipinski definition) is 4. The molecule has 6 heterocycles. The van der Waals surface area contributed by atoms with Gasteiger partial charge in [-0.25, -0.2) is 28.9 Å². The maximum Gasteiger partial charge on any atom is 0.338 e. The second kappa shape index (κ2) is 16.2.